The predicted octanol–water partition coefficient (Wildman–Crippen LogP) is 5.65. The molecule has 3 aromatic carbocycles. The second kappa shape index (κ2) is 7.12. The minimum absolute atomic E-state index is 0.203. The zero-order chi connectivity index (χ0) is 18.8. The number of aryl methyl sites for hydroxylation is 2. The van der Waals surface area contributed by atoms with Crippen molar-refractivity contribution in [1.29, 1.82) is 0 Å². The van der Waals surface area contributed by atoms with E-state index in [4.69, 9.17) is 4.42 Å². The Morgan fingerprint density at radius 2 is 1.56 bits per heavy atom. The summed E-state index contributed by atoms with van der Waals surface area (Å²) in [7, 11) is 0. The van der Waals surface area contributed by atoms with Crippen LogP contribution in [0.25, 0.3) is 22.1 Å². The molecule has 1 N–H and O–H groups in total. The summed E-state index contributed by atoms with van der Waals surface area (Å²) in [5.41, 5.74) is 4.34. The third-order valence-corrected chi connectivity index (χ3v) is 4.68. The highest BCUT2D eigenvalue weighted by molar-refractivity contribution is 6.09. The number of carbonyl (C=O) groups excluding carboxylic acids is 1. The molecule has 1 amide bonds. The molecule has 1 heterocycles. The Morgan fingerprint density at radius 1 is 0.852 bits per heavy atom. The number of benzene rings is 3. The van der Waals surface area contributed by atoms with Gasteiger partial charge >= 0.3 is 0 Å². The molecule has 134 valence electrons. The van der Waals surface area contributed by atoms with Crippen molar-refractivity contribution < 1.29 is 9.21 Å². The number of carbonyl (C=O) groups is 1. The Hall–Kier alpha value is -3.33. The lowest BCUT2D eigenvalue weighted by Gasteiger charge is -2.03. The lowest BCUT2D eigenvalue weighted by Crippen LogP contribution is -2.22. The summed E-state index contributed by atoms with van der Waals surface area (Å²) in [6.07, 6.45) is 0. The van der Waals surface area contributed by atoms with Gasteiger partial charge in [0.05, 0.1) is 0 Å². The number of nitrogens with one attached hydrogen (secondary N) is 1. The molecule has 1 aromatic heterocycles. The molecular formula is C24H21NO2. The van der Waals surface area contributed by atoms with Crippen LogP contribution in [0, 0.1) is 13.8 Å². The molecule has 4 rings (SSSR count). The van der Waals surface area contributed by atoms with E-state index in [2.05, 4.69) is 30.4 Å². The Balaban J connectivity index is 1.72. The van der Waals surface area contributed by atoms with E-state index < -0.39 is 0 Å². The molecule has 0 aliphatic carbocycles. The molecule has 27 heavy (non-hydrogen) atoms. The van der Waals surface area contributed by atoms with Gasteiger partial charge in [-0.25, -0.2) is 0 Å². The monoisotopic (exact) mass is 355 g/mol. The van der Waals surface area contributed by atoms with Gasteiger partial charge in [-0.2, -0.15) is 0 Å². The average Bonchev–Trinajstić information content (AvgIpc) is 3.06. The van der Waals surface area contributed by atoms with Gasteiger partial charge in [0.15, 0.2) is 5.76 Å². The number of amides is 1. The second-order valence-corrected chi connectivity index (χ2v) is 6.84. The molecule has 0 aliphatic heterocycles. The van der Waals surface area contributed by atoms with Gasteiger partial charge in [0.25, 0.3) is 5.91 Å². The third kappa shape index (κ3) is 3.49. The summed E-state index contributed by atoms with van der Waals surface area (Å²) in [5, 5.41) is 4.76. The number of hydrogen-bond donors (Lipinski definition) is 1. The van der Waals surface area contributed by atoms with Crippen LogP contribution in [0.5, 0.6) is 0 Å². The first-order valence-corrected chi connectivity index (χ1v) is 9.04. The fourth-order valence-electron chi connectivity index (χ4n) is 3.20. The van der Waals surface area contributed by atoms with Crippen LogP contribution in [0.4, 0.5) is 0 Å². The van der Waals surface area contributed by atoms with Gasteiger partial charge in [0.2, 0.25) is 0 Å². The topological polar surface area (TPSA) is 42.2 Å². The van der Waals surface area contributed by atoms with Gasteiger partial charge in [-0.05, 0) is 25.5 Å². The molecule has 0 saturated carbocycles. The van der Waals surface area contributed by atoms with E-state index in [1.165, 1.54) is 5.56 Å². The molecule has 0 spiro atoms. The van der Waals surface area contributed by atoms with Crippen LogP contribution >= 0.6 is 0 Å². The van der Waals surface area contributed by atoms with Crippen LogP contribution in [-0.2, 0) is 6.54 Å². The first-order chi connectivity index (χ1) is 13.1. The van der Waals surface area contributed by atoms with Gasteiger partial charge in [0, 0.05) is 22.9 Å². The highest BCUT2D eigenvalue weighted by Crippen LogP contribution is 2.34. The van der Waals surface area contributed by atoms with E-state index >= 15 is 0 Å². The first kappa shape index (κ1) is 17.1. The summed E-state index contributed by atoms with van der Waals surface area (Å²) in [4.78, 5) is 12.8. The predicted molar refractivity (Wildman–Crippen MR) is 109 cm³/mol. The number of rotatable bonds is 4. The lowest BCUT2D eigenvalue weighted by atomic mass is 10.0. The first-order valence-electron chi connectivity index (χ1n) is 9.04. The fourth-order valence-corrected chi connectivity index (χ4v) is 3.20. The van der Waals surface area contributed by atoms with Crippen molar-refractivity contribution in [2.75, 3.05) is 0 Å². The molecule has 0 radical (unpaired) electrons. The quantitative estimate of drug-likeness (QED) is 0.514. The highest BCUT2D eigenvalue weighted by atomic mass is 16.4. The van der Waals surface area contributed by atoms with Crippen molar-refractivity contribution in [2.24, 2.45) is 0 Å². The lowest BCUT2D eigenvalue weighted by molar-refractivity contribution is 0.0926. The average molecular weight is 355 g/mol. The summed E-state index contributed by atoms with van der Waals surface area (Å²) in [5.74, 6) is 0.890. The molecule has 0 saturated heterocycles. The maximum atomic E-state index is 12.8. The van der Waals surface area contributed by atoms with Gasteiger partial charge < -0.3 is 9.73 Å². The van der Waals surface area contributed by atoms with Crippen molar-refractivity contribution in [2.45, 2.75) is 20.4 Å². The van der Waals surface area contributed by atoms with Gasteiger partial charge in [0.1, 0.15) is 5.76 Å². The molecule has 3 nitrogen and oxygen atoms in total. The number of hydrogen-bond acceptors (Lipinski definition) is 2. The largest absolute Gasteiger partial charge is 0.450 e. The number of furan rings is 1. The van der Waals surface area contributed by atoms with Crippen molar-refractivity contribution in [3.05, 3.63) is 95.2 Å². The molecule has 0 fully saturated rings. The standard InChI is InChI=1S/C24H21NO2/c1-16-8-11-19(12-9-16)22-21-14-17(2)10-13-20(21)23(27-22)24(26)25-15-18-6-4-3-5-7-18/h3-14H,15H2,1-2H3,(H,25,26). The molecule has 0 aliphatic rings. The van der Waals surface area contributed by atoms with Crippen molar-refractivity contribution in [3.8, 4) is 11.3 Å². The van der Waals surface area contributed by atoms with E-state index in [0.29, 0.717) is 12.3 Å². The molecule has 3 heteroatoms. The van der Waals surface area contributed by atoms with E-state index in [1.807, 2.05) is 61.5 Å². The van der Waals surface area contributed by atoms with Crippen molar-refractivity contribution in [3.63, 3.8) is 0 Å². The Bertz CT molecular complexity index is 1090. The van der Waals surface area contributed by atoms with Crippen LogP contribution in [0.3, 0.4) is 0 Å². The van der Waals surface area contributed by atoms with E-state index in [-0.39, 0.29) is 5.91 Å². The highest BCUT2D eigenvalue weighted by Gasteiger charge is 2.20. The van der Waals surface area contributed by atoms with Crippen LogP contribution in [0.2, 0.25) is 0 Å². The van der Waals surface area contributed by atoms with Gasteiger partial charge in [-0.3, -0.25) is 4.79 Å². The molecule has 4 aromatic rings. The Morgan fingerprint density at radius 3 is 2.30 bits per heavy atom. The zero-order valence-electron chi connectivity index (χ0n) is 15.5. The Kier molecular flexibility index (Phi) is 4.51. The van der Waals surface area contributed by atoms with Crippen molar-refractivity contribution >= 4 is 16.7 Å². The second-order valence-electron chi connectivity index (χ2n) is 6.84. The van der Waals surface area contributed by atoms with Crippen LogP contribution in [0.15, 0.2) is 77.2 Å². The Labute approximate surface area is 158 Å². The van der Waals surface area contributed by atoms with Crippen LogP contribution in [-0.4, -0.2) is 5.91 Å². The van der Waals surface area contributed by atoms with Crippen LogP contribution in [0.1, 0.15) is 27.2 Å². The summed E-state index contributed by atoms with van der Waals surface area (Å²) >= 11 is 0. The minimum Gasteiger partial charge on any atom is -0.450 e. The maximum Gasteiger partial charge on any atom is 0.287 e. The third-order valence-electron chi connectivity index (χ3n) is 4.68. The van der Waals surface area contributed by atoms with E-state index in [0.717, 1.165) is 33.2 Å². The molecule has 0 unspecified atom stereocenters. The van der Waals surface area contributed by atoms with Crippen molar-refractivity contribution in [1.82, 2.24) is 5.32 Å². The molecule has 0 atom stereocenters. The molecular weight excluding hydrogens is 334 g/mol. The molecule has 0 bridgehead atoms. The summed E-state index contributed by atoms with van der Waals surface area (Å²) in [6.45, 7) is 4.56. The van der Waals surface area contributed by atoms with Gasteiger partial charge in [-0.15, -0.1) is 0 Å². The van der Waals surface area contributed by atoms with Crippen LogP contribution < -0.4 is 5.32 Å². The minimum atomic E-state index is -0.203. The normalized spacial score (nSPS) is 10.9. The summed E-state index contributed by atoms with van der Waals surface area (Å²) < 4.78 is 6.08. The van der Waals surface area contributed by atoms with E-state index in [1.54, 1.807) is 0 Å². The van der Waals surface area contributed by atoms with E-state index in [9.17, 15) is 4.79 Å². The summed E-state index contributed by atoms with van der Waals surface area (Å²) in [6, 6.07) is 24.1. The number of fused-ring (bicyclic) bond motifs is 1. The fraction of sp³-hybridized carbons (Fsp3) is 0.125. The zero-order valence-corrected chi connectivity index (χ0v) is 15.5. The van der Waals surface area contributed by atoms with Gasteiger partial charge in [-0.1, -0.05) is 77.9 Å². The smallest absolute Gasteiger partial charge is 0.287 e. The SMILES string of the molecule is Cc1ccc(-c2oc(C(=O)NCc3ccccc3)c3ccc(C)cc23)cc1. The maximum absolute atomic E-state index is 12.8.